The highest BCUT2D eigenvalue weighted by Crippen LogP contribution is 2.23. The molecule has 5 nitrogen and oxygen atoms in total. The lowest BCUT2D eigenvalue weighted by Crippen LogP contribution is -2.38. The first-order chi connectivity index (χ1) is 12.4. The zero-order chi connectivity index (χ0) is 18.7. The number of hydrogen-bond donors (Lipinski definition) is 2. The number of nitrogens with one attached hydrogen (secondary N) is 1. The topological polar surface area (TPSA) is 69.6 Å². The fourth-order valence-electron chi connectivity index (χ4n) is 3.00. The van der Waals surface area contributed by atoms with Crippen molar-refractivity contribution in [3.05, 3.63) is 65.5 Å². The van der Waals surface area contributed by atoms with Crippen LogP contribution in [0.3, 0.4) is 0 Å². The van der Waals surface area contributed by atoms with E-state index in [9.17, 15) is 19.1 Å². The van der Waals surface area contributed by atoms with Crippen LogP contribution in [0.5, 0.6) is 0 Å². The first-order valence-electron chi connectivity index (χ1n) is 8.54. The lowest BCUT2D eigenvalue weighted by molar-refractivity contribution is -0.117. The minimum Gasteiger partial charge on any atom is -0.384 e. The van der Waals surface area contributed by atoms with Crippen LogP contribution >= 0.6 is 0 Å². The van der Waals surface area contributed by atoms with E-state index in [1.807, 2.05) is 0 Å². The van der Waals surface area contributed by atoms with E-state index < -0.39 is 5.60 Å². The molecule has 6 heteroatoms. The highest BCUT2D eigenvalue weighted by molar-refractivity contribution is 5.99. The quantitative estimate of drug-likeness (QED) is 0.865. The smallest absolute Gasteiger partial charge is 0.251 e. The number of rotatable bonds is 5. The molecule has 2 N–H and O–H groups in total. The molecule has 0 bridgehead atoms. The molecule has 0 aromatic heterocycles. The zero-order valence-corrected chi connectivity index (χ0v) is 14.5. The molecule has 1 heterocycles. The lowest BCUT2D eigenvalue weighted by Gasteiger charge is -2.24. The van der Waals surface area contributed by atoms with Crippen LogP contribution in [0.4, 0.5) is 10.1 Å². The van der Waals surface area contributed by atoms with Crippen molar-refractivity contribution in [2.45, 2.75) is 25.4 Å². The second kappa shape index (κ2) is 7.25. The van der Waals surface area contributed by atoms with E-state index in [1.165, 1.54) is 24.3 Å². The Morgan fingerprint density at radius 3 is 2.65 bits per heavy atom. The van der Waals surface area contributed by atoms with Crippen LogP contribution in [0.1, 0.15) is 35.7 Å². The number of carbonyl (C=O) groups is 2. The Balaban J connectivity index is 1.68. The number of halogens is 1. The van der Waals surface area contributed by atoms with E-state index >= 15 is 0 Å². The van der Waals surface area contributed by atoms with E-state index in [0.717, 1.165) is 6.42 Å². The van der Waals surface area contributed by atoms with Gasteiger partial charge in [-0.2, -0.15) is 0 Å². The summed E-state index contributed by atoms with van der Waals surface area (Å²) in [6.07, 6.45) is 1.34. The van der Waals surface area contributed by atoms with Crippen LogP contribution in [0.25, 0.3) is 0 Å². The summed E-state index contributed by atoms with van der Waals surface area (Å²) in [5.41, 5.74) is 0.296. The average molecular weight is 356 g/mol. The van der Waals surface area contributed by atoms with Crippen molar-refractivity contribution in [3.8, 4) is 0 Å². The second-order valence-electron chi connectivity index (χ2n) is 6.66. The Kier molecular flexibility index (Phi) is 5.04. The summed E-state index contributed by atoms with van der Waals surface area (Å²) < 4.78 is 13.0. The Hall–Kier alpha value is -2.73. The van der Waals surface area contributed by atoms with Gasteiger partial charge in [0.1, 0.15) is 11.4 Å². The molecule has 136 valence electrons. The molecule has 0 saturated carbocycles. The highest BCUT2D eigenvalue weighted by Gasteiger charge is 2.25. The van der Waals surface area contributed by atoms with Crippen LogP contribution in [0.15, 0.2) is 48.5 Å². The largest absolute Gasteiger partial charge is 0.384 e. The maximum Gasteiger partial charge on any atom is 0.251 e. The molecule has 1 aliphatic heterocycles. The number of benzene rings is 2. The third-order valence-corrected chi connectivity index (χ3v) is 4.55. The maximum absolute atomic E-state index is 13.0. The summed E-state index contributed by atoms with van der Waals surface area (Å²) in [7, 11) is 0. The van der Waals surface area contributed by atoms with Gasteiger partial charge in [-0.15, -0.1) is 0 Å². The van der Waals surface area contributed by atoms with Gasteiger partial charge in [-0.25, -0.2) is 4.39 Å². The van der Waals surface area contributed by atoms with Crippen molar-refractivity contribution in [3.63, 3.8) is 0 Å². The average Bonchev–Trinajstić information content (AvgIpc) is 3.06. The van der Waals surface area contributed by atoms with Gasteiger partial charge in [0, 0.05) is 24.2 Å². The third kappa shape index (κ3) is 3.91. The van der Waals surface area contributed by atoms with Gasteiger partial charge < -0.3 is 15.3 Å². The van der Waals surface area contributed by atoms with Crippen molar-refractivity contribution in [1.82, 2.24) is 5.32 Å². The maximum atomic E-state index is 13.0. The number of anilines is 1. The fourth-order valence-corrected chi connectivity index (χ4v) is 3.00. The summed E-state index contributed by atoms with van der Waals surface area (Å²) in [4.78, 5) is 26.0. The van der Waals surface area contributed by atoms with Gasteiger partial charge in [-0.3, -0.25) is 9.59 Å². The molecule has 1 saturated heterocycles. The Morgan fingerprint density at radius 2 is 2.00 bits per heavy atom. The van der Waals surface area contributed by atoms with Crippen LogP contribution in [-0.2, 0) is 10.4 Å². The Labute approximate surface area is 151 Å². The summed E-state index contributed by atoms with van der Waals surface area (Å²) in [6, 6.07) is 12.4. The molecule has 2 aromatic carbocycles. The van der Waals surface area contributed by atoms with E-state index in [2.05, 4.69) is 5.32 Å². The van der Waals surface area contributed by atoms with Gasteiger partial charge in [0.15, 0.2) is 0 Å². The van der Waals surface area contributed by atoms with Crippen LogP contribution in [0, 0.1) is 5.82 Å². The fraction of sp³-hybridized carbons (Fsp3) is 0.300. The van der Waals surface area contributed by atoms with Crippen molar-refractivity contribution in [2.75, 3.05) is 18.0 Å². The molecule has 1 aliphatic rings. The first-order valence-corrected chi connectivity index (χ1v) is 8.54. The van der Waals surface area contributed by atoms with Crippen molar-refractivity contribution in [2.24, 2.45) is 0 Å². The standard InChI is InChI=1S/C20H21FN2O3/c1-20(26,15-7-9-16(21)10-8-15)13-22-19(25)14-4-2-5-17(12-14)23-11-3-6-18(23)24/h2,4-5,7-10,12,26H,3,6,11,13H2,1H3,(H,22,25). The predicted octanol–water partition coefficient (Wildman–Crippen LogP) is 2.59. The van der Waals surface area contributed by atoms with Gasteiger partial charge in [0.05, 0.1) is 6.54 Å². The summed E-state index contributed by atoms with van der Waals surface area (Å²) >= 11 is 0. The van der Waals surface area contributed by atoms with Crippen LogP contribution < -0.4 is 10.2 Å². The van der Waals surface area contributed by atoms with E-state index in [-0.39, 0.29) is 24.2 Å². The molecule has 0 aliphatic carbocycles. The molecule has 1 atom stereocenters. The Morgan fingerprint density at radius 1 is 1.27 bits per heavy atom. The monoisotopic (exact) mass is 356 g/mol. The normalized spacial score (nSPS) is 16.4. The van der Waals surface area contributed by atoms with Crippen molar-refractivity contribution in [1.29, 1.82) is 0 Å². The van der Waals surface area contributed by atoms with Gasteiger partial charge >= 0.3 is 0 Å². The molecule has 2 amide bonds. The molecule has 26 heavy (non-hydrogen) atoms. The zero-order valence-electron chi connectivity index (χ0n) is 14.5. The minimum absolute atomic E-state index is 0.0235. The summed E-state index contributed by atoms with van der Waals surface area (Å²) in [6.45, 7) is 2.19. The molecular formula is C20H21FN2O3. The predicted molar refractivity (Wildman–Crippen MR) is 96.3 cm³/mol. The lowest BCUT2D eigenvalue weighted by atomic mass is 9.96. The van der Waals surface area contributed by atoms with Gasteiger partial charge in [0.2, 0.25) is 5.91 Å². The van der Waals surface area contributed by atoms with Gasteiger partial charge in [-0.1, -0.05) is 18.2 Å². The number of hydrogen-bond acceptors (Lipinski definition) is 3. The SMILES string of the molecule is CC(O)(CNC(=O)c1cccc(N2CCCC2=O)c1)c1ccc(F)cc1. The van der Waals surface area contributed by atoms with E-state index in [0.29, 0.717) is 29.8 Å². The number of aliphatic hydroxyl groups is 1. The molecule has 2 aromatic rings. The number of carbonyl (C=O) groups excluding carboxylic acids is 2. The molecule has 1 unspecified atom stereocenters. The van der Waals surface area contributed by atoms with E-state index in [1.54, 1.807) is 36.1 Å². The molecular weight excluding hydrogens is 335 g/mol. The number of nitrogens with zero attached hydrogens (tertiary/aromatic N) is 1. The van der Waals surface area contributed by atoms with E-state index in [4.69, 9.17) is 0 Å². The molecule has 0 radical (unpaired) electrons. The summed E-state index contributed by atoms with van der Waals surface area (Å²) in [5, 5.41) is 13.2. The van der Waals surface area contributed by atoms with Crippen molar-refractivity contribution < 1.29 is 19.1 Å². The minimum atomic E-state index is -1.33. The van der Waals surface area contributed by atoms with Crippen LogP contribution in [-0.4, -0.2) is 30.0 Å². The van der Waals surface area contributed by atoms with Crippen LogP contribution in [0.2, 0.25) is 0 Å². The van der Waals surface area contributed by atoms with Crippen molar-refractivity contribution >= 4 is 17.5 Å². The van der Waals surface area contributed by atoms with Gasteiger partial charge in [0.25, 0.3) is 5.91 Å². The molecule has 1 fully saturated rings. The Bertz CT molecular complexity index is 818. The molecule has 0 spiro atoms. The summed E-state index contributed by atoms with van der Waals surface area (Å²) in [5.74, 6) is -0.676. The van der Waals surface area contributed by atoms with Gasteiger partial charge in [-0.05, 0) is 49.2 Å². The second-order valence-corrected chi connectivity index (χ2v) is 6.66. The first kappa shape index (κ1) is 18.1. The highest BCUT2D eigenvalue weighted by atomic mass is 19.1. The molecule has 3 rings (SSSR count). The number of amides is 2. The third-order valence-electron chi connectivity index (χ3n) is 4.55.